The van der Waals surface area contributed by atoms with Gasteiger partial charge in [0.15, 0.2) is 0 Å². The van der Waals surface area contributed by atoms with E-state index in [2.05, 4.69) is 16.4 Å². The number of fused-ring (bicyclic) bond motifs is 1. The maximum Gasteiger partial charge on any atom is 0.220 e. The van der Waals surface area contributed by atoms with E-state index in [4.69, 9.17) is 0 Å². The Hall–Kier alpha value is -1.62. The van der Waals surface area contributed by atoms with Gasteiger partial charge in [-0.15, -0.1) is 0 Å². The van der Waals surface area contributed by atoms with Crippen molar-refractivity contribution < 1.29 is 9.00 Å². The molecule has 1 amide bonds. The van der Waals surface area contributed by atoms with Gasteiger partial charge < -0.3 is 10.3 Å². The van der Waals surface area contributed by atoms with E-state index >= 15 is 0 Å². The molecule has 2 unspecified atom stereocenters. The maximum atomic E-state index is 11.8. The number of rotatable bonds is 6. The second-order valence-electron chi connectivity index (χ2n) is 4.97. The number of para-hydroxylation sites is 1. The molecule has 0 bridgehead atoms. The number of hydrogen-bond donors (Lipinski definition) is 2. The summed E-state index contributed by atoms with van der Waals surface area (Å²) in [6.07, 6.45) is 4.77. The number of carbonyl (C=O) groups excluding carboxylic acids is 1. The third kappa shape index (κ3) is 3.70. The van der Waals surface area contributed by atoms with Crippen LogP contribution in [0.25, 0.3) is 10.9 Å². The van der Waals surface area contributed by atoms with E-state index in [9.17, 15) is 9.00 Å². The highest BCUT2D eigenvalue weighted by Crippen LogP contribution is 2.18. The maximum absolute atomic E-state index is 11.8. The quantitative estimate of drug-likeness (QED) is 0.855. The zero-order chi connectivity index (χ0) is 14.5. The van der Waals surface area contributed by atoms with Crippen LogP contribution in [0.4, 0.5) is 0 Å². The lowest BCUT2D eigenvalue weighted by Crippen LogP contribution is -2.32. The van der Waals surface area contributed by atoms with Crippen molar-refractivity contribution in [2.24, 2.45) is 0 Å². The summed E-state index contributed by atoms with van der Waals surface area (Å²) in [5, 5.41) is 3.99. The Morgan fingerprint density at radius 3 is 2.90 bits per heavy atom. The van der Waals surface area contributed by atoms with Crippen molar-refractivity contribution in [3.8, 4) is 0 Å². The molecule has 0 aliphatic heterocycles. The minimum atomic E-state index is -0.899. The predicted octanol–water partition coefficient (Wildman–Crippen LogP) is 1.98. The lowest BCUT2D eigenvalue weighted by Gasteiger charge is -2.09. The fourth-order valence-corrected chi connectivity index (χ4v) is 2.37. The van der Waals surface area contributed by atoms with Crippen LogP contribution in [0, 0.1) is 0 Å². The van der Waals surface area contributed by atoms with Crippen LogP contribution in [-0.2, 0) is 22.0 Å². The molecule has 0 saturated heterocycles. The highest BCUT2D eigenvalue weighted by Gasteiger charge is 2.09. The molecule has 5 heteroatoms. The molecule has 0 spiro atoms. The topological polar surface area (TPSA) is 62.0 Å². The number of aromatic nitrogens is 1. The molecule has 20 heavy (non-hydrogen) atoms. The van der Waals surface area contributed by atoms with Crippen LogP contribution in [0.15, 0.2) is 30.5 Å². The fourth-order valence-electron chi connectivity index (χ4n) is 2.05. The van der Waals surface area contributed by atoms with Gasteiger partial charge in [0, 0.05) is 52.4 Å². The zero-order valence-corrected chi connectivity index (χ0v) is 12.6. The highest BCUT2D eigenvalue weighted by atomic mass is 32.2. The largest absolute Gasteiger partial charge is 0.361 e. The Morgan fingerprint density at radius 1 is 1.40 bits per heavy atom. The van der Waals surface area contributed by atoms with Crippen molar-refractivity contribution in [1.82, 2.24) is 10.3 Å². The van der Waals surface area contributed by atoms with Gasteiger partial charge in [-0.3, -0.25) is 9.00 Å². The average Bonchev–Trinajstić information content (AvgIpc) is 2.85. The van der Waals surface area contributed by atoms with Gasteiger partial charge in [-0.25, -0.2) is 0 Å². The summed E-state index contributed by atoms with van der Waals surface area (Å²) in [5.74, 6) is 0.00702. The second kappa shape index (κ2) is 6.70. The van der Waals surface area contributed by atoms with E-state index in [1.807, 2.05) is 31.3 Å². The first kappa shape index (κ1) is 14.8. The molecule has 2 rings (SSSR count). The predicted molar refractivity (Wildman–Crippen MR) is 83.2 cm³/mol. The van der Waals surface area contributed by atoms with Crippen molar-refractivity contribution >= 4 is 27.6 Å². The van der Waals surface area contributed by atoms with Crippen molar-refractivity contribution in [2.45, 2.75) is 25.0 Å². The van der Waals surface area contributed by atoms with Gasteiger partial charge in [0.05, 0.1) is 0 Å². The number of amides is 1. The Bertz CT molecular complexity index is 621. The number of carbonyl (C=O) groups is 1. The molecule has 0 aliphatic rings. The molecule has 2 atom stereocenters. The van der Waals surface area contributed by atoms with E-state index in [0.717, 1.165) is 11.1 Å². The summed E-state index contributed by atoms with van der Waals surface area (Å²) < 4.78 is 11.2. The molecule has 1 aromatic carbocycles. The Balaban J connectivity index is 1.86. The number of aryl methyl sites for hydroxylation is 1. The van der Waals surface area contributed by atoms with Crippen molar-refractivity contribution in [3.05, 3.63) is 36.0 Å². The molecule has 2 N–H and O–H groups in total. The molecule has 2 aromatic rings. The van der Waals surface area contributed by atoms with Crippen molar-refractivity contribution in [2.75, 3.05) is 12.8 Å². The summed E-state index contributed by atoms with van der Waals surface area (Å²) >= 11 is 0. The van der Waals surface area contributed by atoms with Gasteiger partial charge in [-0.2, -0.15) is 0 Å². The Labute approximate surface area is 121 Å². The minimum absolute atomic E-state index is 0.00702. The minimum Gasteiger partial charge on any atom is -0.361 e. The number of benzene rings is 1. The Morgan fingerprint density at radius 2 is 2.15 bits per heavy atom. The van der Waals surface area contributed by atoms with E-state index < -0.39 is 10.8 Å². The second-order valence-corrected chi connectivity index (χ2v) is 6.77. The summed E-state index contributed by atoms with van der Waals surface area (Å²) in [4.78, 5) is 15.0. The molecule has 0 radical (unpaired) electrons. The lowest BCUT2D eigenvalue weighted by atomic mass is 10.1. The highest BCUT2D eigenvalue weighted by molar-refractivity contribution is 7.84. The standard InChI is InChI=1S/C15H20N2O2S/c1-11(20(2)19)9-17-15(18)8-7-12-10-16-14-6-4-3-5-13(12)14/h3-6,10-11,16H,7-9H2,1-2H3,(H,17,18). The number of aromatic amines is 1. The first-order valence-electron chi connectivity index (χ1n) is 6.72. The Kier molecular flexibility index (Phi) is 4.95. The summed E-state index contributed by atoms with van der Waals surface area (Å²) in [6, 6.07) is 8.07. The van der Waals surface area contributed by atoms with Gasteiger partial charge in [0.2, 0.25) is 5.91 Å². The third-order valence-corrected chi connectivity index (χ3v) is 4.75. The number of hydrogen-bond acceptors (Lipinski definition) is 2. The zero-order valence-electron chi connectivity index (χ0n) is 11.8. The molecule has 4 nitrogen and oxygen atoms in total. The molecule has 1 heterocycles. The van der Waals surface area contributed by atoms with Crippen molar-refractivity contribution in [1.29, 1.82) is 0 Å². The van der Waals surface area contributed by atoms with Crippen LogP contribution in [0.2, 0.25) is 0 Å². The fraction of sp³-hybridized carbons (Fsp3) is 0.400. The van der Waals surface area contributed by atoms with Gasteiger partial charge in [0.1, 0.15) is 0 Å². The summed E-state index contributed by atoms with van der Waals surface area (Å²) in [6.45, 7) is 2.34. The number of H-pyrrole nitrogens is 1. The van der Waals surface area contributed by atoms with Crippen LogP contribution in [-0.4, -0.2) is 33.2 Å². The molecule has 1 aromatic heterocycles. The summed E-state index contributed by atoms with van der Waals surface area (Å²) in [5.41, 5.74) is 2.25. The van der Waals surface area contributed by atoms with Gasteiger partial charge in [0.25, 0.3) is 0 Å². The normalized spacial score (nSPS) is 14.1. The van der Waals surface area contributed by atoms with Gasteiger partial charge >= 0.3 is 0 Å². The van der Waals surface area contributed by atoms with Crippen LogP contribution < -0.4 is 5.32 Å². The van der Waals surface area contributed by atoms with Crippen LogP contribution >= 0.6 is 0 Å². The van der Waals surface area contributed by atoms with Gasteiger partial charge in [-0.05, 0) is 25.0 Å². The van der Waals surface area contributed by atoms with E-state index in [0.29, 0.717) is 19.4 Å². The van der Waals surface area contributed by atoms with Crippen LogP contribution in [0.5, 0.6) is 0 Å². The smallest absolute Gasteiger partial charge is 0.220 e. The lowest BCUT2D eigenvalue weighted by molar-refractivity contribution is -0.121. The molecule has 0 fully saturated rings. The third-order valence-electron chi connectivity index (χ3n) is 3.45. The van der Waals surface area contributed by atoms with E-state index in [-0.39, 0.29) is 11.2 Å². The SMILES string of the molecule is CC(CNC(=O)CCc1c[nH]c2ccccc12)S(C)=O. The molecule has 108 valence electrons. The number of nitrogens with one attached hydrogen (secondary N) is 2. The van der Waals surface area contributed by atoms with Crippen molar-refractivity contribution in [3.63, 3.8) is 0 Å². The molecular formula is C15H20N2O2S. The average molecular weight is 292 g/mol. The van der Waals surface area contributed by atoms with E-state index in [1.165, 1.54) is 5.39 Å². The van der Waals surface area contributed by atoms with E-state index in [1.54, 1.807) is 6.26 Å². The first-order valence-corrected chi connectivity index (χ1v) is 8.34. The van der Waals surface area contributed by atoms with Crippen LogP contribution in [0.1, 0.15) is 18.9 Å². The molecule has 0 saturated carbocycles. The van der Waals surface area contributed by atoms with Gasteiger partial charge in [-0.1, -0.05) is 18.2 Å². The molecular weight excluding hydrogens is 272 g/mol. The molecule has 0 aliphatic carbocycles. The monoisotopic (exact) mass is 292 g/mol. The van der Waals surface area contributed by atoms with Crippen LogP contribution in [0.3, 0.4) is 0 Å². The summed E-state index contributed by atoms with van der Waals surface area (Å²) in [7, 11) is -0.899. The first-order chi connectivity index (χ1) is 9.58.